The first kappa shape index (κ1) is 19.4. The second-order valence-corrected chi connectivity index (χ2v) is 6.23. The number of benzene rings is 2. The molecule has 0 aromatic heterocycles. The Morgan fingerprint density at radius 2 is 1.93 bits per heavy atom. The number of guanidine groups is 1. The molecule has 1 aliphatic rings. The fourth-order valence-electron chi connectivity index (χ4n) is 2.96. The van der Waals surface area contributed by atoms with Crippen molar-refractivity contribution >= 4 is 36.2 Å². The number of carboxylic acids is 1. The number of ether oxygens (including phenoxy) is 1. The number of carboxylic acid groups (broad SMARTS) is 1. The zero-order valence-electron chi connectivity index (χ0n) is 15.3. The first-order valence-corrected chi connectivity index (χ1v) is 8.83. The summed E-state index contributed by atoms with van der Waals surface area (Å²) in [6.07, 6.45) is -0.825. The van der Waals surface area contributed by atoms with Crippen molar-refractivity contribution in [1.82, 2.24) is 10.1 Å². The summed E-state index contributed by atoms with van der Waals surface area (Å²) in [5.41, 5.74) is 2.40. The Labute approximate surface area is 162 Å². The molecule has 0 atom stereocenters. The average molecular weight is 381 g/mol. The molecule has 0 radical (unpaired) electrons. The zero-order chi connectivity index (χ0) is 20.1. The van der Waals surface area contributed by atoms with Crippen LogP contribution in [-0.4, -0.2) is 46.6 Å². The van der Waals surface area contributed by atoms with Gasteiger partial charge in [-0.05, 0) is 24.1 Å². The Kier molecular flexibility index (Phi) is 5.95. The number of rotatable bonds is 5. The van der Waals surface area contributed by atoms with E-state index in [-0.39, 0.29) is 25.5 Å². The van der Waals surface area contributed by atoms with Gasteiger partial charge < -0.3 is 19.7 Å². The topological polar surface area (TPSA) is 111 Å². The fraction of sp³-hybridized carbons (Fsp3) is 0.211. The van der Waals surface area contributed by atoms with E-state index >= 15 is 0 Å². The van der Waals surface area contributed by atoms with Gasteiger partial charge >= 0.3 is 19.1 Å². The normalized spacial score (nSPS) is 12.9. The van der Waals surface area contributed by atoms with Crippen LogP contribution in [0.5, 0.6) is 0 Å². The Hall–Kier alpha value is -3.33. The van der Waals surface area contributed by atoms with Crippen LogP contribution in [0, 0.1) is 0 Å². The fourth-order valence-corrected chi connectivity index (χ4v) is 2.96. The Morgan fingerprint density at radius 1 is 1.18 bits per heavy atom. The molecule has 9 heteroatoms. The molecule has 1 heterocycles. The van der Waals surface area contributed by atoms with Gasteiger partial charge in [-0.2, -0.15) is 0 Å². The van der Waals surface area contributed by atoms with Crippen molar-refractivity contribution in [3.8, 4) is 0 Å². The van der Waals surface area contributed by atoms with Gasteiger partial charge in [0.25, 0.3) is 0 Å². The number of nitrogens with zero attached hydrogens (tertiary/aromatic N) is 2. The van der Waals surface area contributed by atoms with E-state index < -0.39 is 19.1 Å². The first-order valence-electron chi connectivity index (χ1n) is 8.83. The summed E-state index contributed by atoms with van der Waals surface area (Å²) < 4.78 is 4.92. The van der Waals surface area contributed by atoms with Crippen molar-refractivity contribution in [3.05, 3.63) is 59.7 Å². The second-order valence-electron chi connectivity index (χ2n) is 6.23. The number of aliphatic carboxylic acids is 1. The lowest BCUT2D eigenvalue weighted by Gasteiger charge is -2.32. The van der Waals surface area contributed by atoms with Crippen LogP contribution in [0.25, 0.3) is 0 Å². The maximum absolute atomic E-state index is 11.9. The maximum atomic E-state index is 11.9. The molecule has 8 nitrogen and oxygen atoms in total. The summed E-state index contributed by atoms with van der Waals surface area (Å²) in [5.74, 6) is -0.798. The highest BCUT2D eigenvalue weighted by Gasteiger charge is 2.35. The number of hydrogen-bond donors (Lipinski definition) is 3. The van der Waals surface area contributed by atoms with Crippen LogP contribution in [0.1, 0.15) is 18.1 Å². The molecule has 1 amide bonds. The number of nitrogens with one attached hydrogen (secondary N) is 1. The van der Waals surface area contributed by atoms with Gasteiger partial charge in [-0.25, -0.2) is 9.79 Å². The third-order valence-corrected chi connectivity index (χ3v) is 4.20. The van der Waals surface area contributed by atoms with Gasteiger partial charge in [-0.1, -0.05) is 42.5 Å². The number of amides is 1. The van der Waals surface area contributed by atoms with Crippen LogP contribution in [0.4, 0.5) is 10.5 Å². The van der Waals surface area contributed by atoms with E-state index in [1.54, 1.807) is 25.1 Å². The molecule has 0 aliphatic carbocycles. The van der Waals surface area contributed by atoms with Crippen LogP contribution < -0.4 is 10.8 Å². The summed E-state index contributed by atoms with van der Waals surface area (Å²) in [7, 11) is -1.11. The Balaban J connectivity index is 1.96. The monoisotopic (exact) mass is 381 g/mol. The molecule has 144 valence electrons. The standard InChI is InChI=1S/C19H20BN3O5/c1-2-28-19(26)22-18-21-16-9-8-14(11-17(24)25)10-15(16)20(27)23(18)12-13-6-4-3-5-7-13/h3-10,27H,2,11-12H2,1H3,(H,24,25)(H,21,22,26). The molecule has 3 rings (SSSR count). The van der Waals surface area contributed by atoms with E-state index in [1.807, 2.05) is 30.3 Å². The van der Waals surface area contributed by atoms with Gasteiger partial charge in [0.1, 0.15) is 0 Å². The van der Waals surface area contributed by atoms with Crippen molar-refractivity contribution in [2.45, 2.75) is 19.9 Å². The molecule has 3 N–H and O–H groups in total. The van der Waals surface area contributed by atoms with Crippen molar-refractivity contribution in [2.75, 3.05) is 6.61 Å². The van der Waals surface area contributed by atoms with Gasteiger partial charge in [-0.3, -0.25) is 10.1 Å². The predicted molar refractivity (Wildman–Crippen MR) is 105 cm³/mol. The van der Waals surface area contributed by atoms with E-state index in [0.717, 1.165) is 5.56 Å². The minimum absolute atomic E-state index is 0.156. The van der Waals surface area contributed by atoms with Crippen molar-refractivity contribution in [3.63, 3.8) is 0 Å². The van der Waals surface area contributed by atoms with Gasteiger partial charge in [0, 0.05) is 12.0 Å². The van der Waals surface area contributed by atoms with E-state index in [2.05, 4.69) is 10.3 Å². The minimum Gasteiger partial charge on any atom is -0.481 e. The largest absolute Gasteiger partial charge is 0.481 e. The van der Waals surface area contributed by atoms with Gasteiger partial charge in [0.2, 0.25) is 0 Å². The quantitative estimate of drug-likeness (QED) is 0.673. The summed E-state index contributed by atoms with van der Waals surface area (Å²) in [5, 5.41) is 22.5. The smallest absolute Gasteiger partial charge is 0.454 e. The molecular weight excluding hydrogens is 361 g/mol. The molecule has 0 saturated heterocycles. The van der Waals surface area contributed by atoms with Crippen molar-refractivity contribution in [2.24, 2.45) is 4.99 Å². The minimum atomic E-state index is -1.11. The molecule has 1 aliphatic heterocycles. The molecule has 2 aromatic rings. The van der Waals surface area contributed by atoms with Gasteiger partial charge in [0.05, 0.1) is 18.7 Å². The molecule has 28 heavy (non-hydrogen) atoms. The third kappa shape index (κ3) is 4.50. The number of fused-ring (bicyclic) bond motifs is 1. The van der Waals surface area contributed by atoms with Crippen LogP contribution >= 0.6 is 0 Å². The number of carbonyl (C=O) groups excluding carboxylic acids is 1. The van der Waals surface area contributed by atoms with Crippen molar-refractivity contribution in [1.29, 1.82) is 0 Å². The number of hydrogen-bond acceptors (Lipinski definition) is 6. The van der Waals surface area contributed by atoms with Crippen LogP contribution in [0.3, 0.4) is 0 Å². The lowest BCUT2D eigenvalue weighted by molar-refractivity contribution is -0.136. The average Bonchev–Trinajstić information content (AvgIpc) is 2.66. The molecule has 0 spiro atoms. The molecule has 2 aromatic carbocycles. The highest BCUT2D eigenvalue weighted by atomic mass is 16.5. The summed E-state index contributed by atoms with van der Waals surface area (Å²) in [6.45, 7) is 2.18. The molecule has 0 bridgehead atoms. The Bertz CT molecular complexity index is 904. The summed E-state index contributed by atoms with van der Waals surface area (Å²) >= 11 is 0. The van der Waals surface area contributed by atoms with Crippen LogP contribution in [0.15, 0.2) is 53.5 Å². The summed E-state index contributed by atoms with van der Waals surface area (Å²) in [6, 6.07) is 14.3. The van der Waals surface area contributed by atoms with E-state index in [0.29, 0.717) is 16.7 Å². The third-order valence-electron chi connectivity index (χ3n) is 4.20. The maximum Gasteiger partial charge on any atom is 0.454 e. The Morgan fingerprint density at radius 3 is 2.61 bits per heavy atom. The predicted octanol–water partition coefficient (Wildman–Crippen LogP) is 1.25. The van der Waals surface area contributed by atoms with Crippen LogP contribution in [0.2, 0.25) is 0 Å². The lowest BCUT2D eigenvalue weighted by atomic mass is 9.69. The van der Waals surface area contributed by atoms with E-state index in [1.165, 1.54) is 4.81 Å². The molecule has 0 saturated carbocycles. The molecular formula is C19H20BN3O5. The molecule has 0 unspecified atom stereocenters. The second kappa shape index (κ2) is 8.58. The summed E-state index contributed by atoms with van der Waals surface area (Å²) in [4.78, 5) is 28.9. The van der Waals surface area contributed by atoms with E-state index in [4.69, 9.17) is 9.84 Å². The van der Waals surface area contributed by atoms with Gasteiger partial charge in [-0.15, -0.1) is 0 Å². The van der Waals surface area contributed by atoms with Crippen molar-refractivity contribution < 1.29 is 24.5 Å². The number of carbonyl (C=O) groups is 2. The van der Waals surface area contributed by atoms with E-state index in [9.17, 15) is 14.6 Å². The molecule has 0 fully saturated rings. The first-order chi connectivity index (χ1) is 13.5. The highest BCUT2D eigenvalue weighted by Crippen LogP contribution is 2.20. The zero-order valence-corrected chi connectivity index (χ0v) is 15.3. The lowest BCUT2D eigenvalue weighted by Crippen LogP contribution is -2.58. The SMILES string of the molecule is CCOC(=O)NC1=Nc2ccc(CC(=O)O)cc2B(O)N1Cc1ccccc1. The number of aliphatic imine (C=N–C) groups is 1. The van der Waals surface area contributed by atoms with Gasteiger partial charge in [0.15, 0.2) is 5.96 Å². The van der Waals surface area contributed by atoms with Crippen LogP contribution in [-0.2, 0) is 22.5 Å². The highest BCUT2D eigenvalue weighted by molar-refractivity contribution is 6.68. The number of alkyl carbamates (subject to hydrolysis) is 1.